The largest absolute Gasteiger partial charge is 0.374 e. The number of hydrogen-bond donors (Lipinski definition) is 1. The van der Waals surface area contributed by atoms with Crippen molar-refractivity contribution in [2.45, 2.75) is 64.7 Å². The molecule has 13 heavy (non-hydrogen) atoms. The third-order valence-corrected chi connectivity index (χ3v) is 2.40. The zero-order valence-corrected chi connectivity index (χ0v) is 9.39. The van der Waals surface area contributed by atoms with Crippen LogP contribution in [0.1, 0.15) is 47.0 Å². The summed E-state index contributed by atoms with van der Waals surface area (Å²) in [6, 6.07) is 0. The molecule has 2 heteroatoms. The van der Waals surface area contributed by atoms with Gasteiger partial charge >= 0.3 is 0 Å². The molecule has 1 atom stereocenters. The molecule has 0 bridgehead atoms. The second-order valence-electron chi connectivity index (χ2n) is 5.13. The van der Waals surface area contributed by atoms with Gasteiger partial charge in [-0.1, -0.05) is 0 Å². The van der Waals surface area contributed by atoms with E-state index in [-0.39, 0.29) is 5.54 Å². The maximum absolute atomic E-state index is 5.82. The lowest BCUT2D eigenvalue weighted by atomic mass is 9.96. The van der Waals surface area contributed by atoms with E-state index in [9.17, 15) is 0 Å². The van der Waals surface area contributed by atoms with Crippen molar-refractivity contribution in [3.8, 4) is 0 Å². The summed E-state index contributed by atoms with van der Waals surface area (Å²) in [7, 11) is 0. The number of nitrogens with one attached hydrogen (secondary N) is 1. The van der Waals surface area contributed by atoms with Crippen molar-refractivity contribution >= 4 is 0 Å². The predicted molar refractivity (Wildman–Crippen MR) is 55.9 cm³/mol. The lowest BCUT2D eigenvalue weighted by Crippen LogP contribution is -2.42. The summed E-state index contributed by atoms with van der Waals surface area (Å²) in [4.78, 5) is 0. The lowest BCUT2D eigenvalue weighted by molar-refractivity contribution is -0.0435. The molecular weight excluding hydrogens is 162 g/mol. The standard InChI is InChI=1S/C11H23NO/c1-9(8-12-11(2,3)4)13-10-6-5-7-10/h9-10,12H,5-8H2,1-4H3. The van der Waals surface area contributed by atoms with Crippen LogP contribution >= 0.6 is 0 Å². The summed E-state index contributed by atoms with van der Waals surface area (Å²) in [5.41, 5.74) is 0.206. The van der Waals surface area contributed by atoms with Crippen LogP contribution < -0.4 is 5.32 Å². The molecule has 1 aliphatic carbocycles. The quantitative estimate of drug-likeness (QED) is 0.726. The highest BCUT2D eigenvalue weighted by molar-refractivity contribution is 4.75. The Morgan fingerprint density at radius 2 is 2.00 bits per heavy atom. The van der Waals surface area contributed by atoms with Gasteiger partial charge in [-0.2, -0.15) is 0 Å². The van der Waals surface area contributed by atoms with E-state index in [0.29, 0.717) is 12.2 Å². The monoisotopic (exact) mass is 185 g/mol. The SMILES string of the molecule is CC(CNC(C)(C)C)OC1CCC1. The summed E-state index contributed by atoms with van der Waals surface area (Å²) in [5, 5.41) is 3.45. The van der Waals surface area contributed by atoms with Crippen LogP contribution in [0.2, 0.25) is 0 Å². The Balaban J connectivity index is 2.06. The van der Waals surface area contributed by atoms with E-state index in [1.807, 2.05) is 0 Å². The summed E-state index contributed by atoms with van der Waals surface area (Å²) < 4.78 is 5.82. The van der Waals surface area contributed by atoms with E-state index in [1.54, 1.807) is 0 Å². The first kappa shape index (κ1) is 11.0. The Labute approximate surface area is 82.0 Å². The van der Waals surface area contributed by atoms with Crippen molar-refractivity contribution in [1.82, 2.24) is 5.32 Å². The Kier molecular flexibility index (Phi) is 3.74. The first-order chi connectivity index (χ1) is 5.97. The minimum Gasteiger partial charge on any atom is -0.374 e. The van der Waals surface area contributed by atoms with Crippen molar-refractivity contribution < 1.29 is 4.74 Å². The Hall–Kier alpha value is -0.0800. The van der Waals surface area contributed by atoms with E-state index in [2.05, 4.69) is 33.0 Å². The van der Waals surface area contributed by atoms with Gasteiger partial charge in [-0.3, -0.25) is 0 Å². The third kappa shape index (κ3) is 4.63. The zero-order valence-electron chi connectivity index (χ0n) is 9.39. The Morgan fingerprint density at radius 3 is 2.38 bits per heavy atom. The van der Waals surface area contributed by atoms with E-state index in [1.165, 1.54) is 19.3 Å². The van der Waals surface area contributed by atoms with E-state index >= 15 is 0 Å². The molecule has 0 saturated heterocycles. The van der Waals surface area contributed by atoms with Crippen molar-refractivity contribution in [3.05, 3.63) is 0 Å². The number of ether oxygens (including phenoxy) is 1. The molecule has 0 aromatic carbocycles. The molecule has 0 radical (unpaired) electrons. The molecule has 0 aliphatic heterocycles. The molecular formula is C11H23NO. The van der Waals surface area contributed by atoms with Crippen LogP contribution in [0.25, 0.3) is 0 Å². The van der Waals surface area contributed by atoms with Gasteiger partial charge in [0.05, 0.1) is 12.2 Å². The molecule has 0 spiro atoms. The van der Waals surface area contributed by atoms with Crippen LogP contribution in [-0.2, 0) is 4.74 Å². The Bertz CT molecular complexity index is 147. The Morgan fingerprint density at radius 1 is 1.38 bits per heavy atom. The van der Waals surface area contributed by atoms with Crippen molar-refractivity contribution in [3.63, 3.8) is 0 Å². The average molecular weight is 185 g/mol. The van der Waals surface area contributed by atoms with Gasteiger partial charge in [-0.15, -0.1) is 0 Å². The molecule has 0 amide bonds. The van der Waals surface area contributed by atoms with Crippen molar-refractivity contribution in [2.75, 3.05) is 6.54 Å². The van der Waals surface area contributed by atoms with Gasteiger partial charge in [0, 0.05) is 12.1 Å². The highest BCUT2D eigenvalue weighted by Crippen LogP contribution is 2.23. The fraction of sp³-hybridized carbons (Fsp3) is 1.00. The predicted octanol–water partition coefficient (Wildman–Crippen LogP) is 2.33. The molecule has 1 aliphatic rings. The molecule has 1 fully saturated rings. The number of hydrogen-bond acceptors (Lipinski definition) is 2. The highest BCUT2D eigenvalue weighted by Gasteiger charge is 2.21. The molecule has 78 valence electrons. The highest BCUT2D eigenvalue weighted by atomic mass is 16.5. The van der Waals surface area contributed by atoms with Gasteiger partial charge < -0.3 is 10.1 Å². The van der Waals surface area contributed by atoms with Crippen molar-refractivity contribution in [1.29, 1.82) is 0 Å². The van der Waals surface area contributed by atoms with Crippen LogP contribution in [0.4, 0.5) is 0 Å². The average Bonchev–Trinajstić information content (AvgIpc) is 1.91. The fourth-order valence-corrected chi connectivity index (χ4v) is 1.33. The molecule has 1 unspecified atom stereocenters. The molecule has 0 aromatic heterocycles. The second-order valence-corrected chi connectivity index (χ2v) is 5.13. The van der Waals surface area contributed by atoms with Crippen molar-refractivity contribution in [2.24, 2.45) is 0 Å². The summed E-state index contributed by atoms with van der Waals surface area (Å²) in [6.45, 7) is 9.66. The van der Waals surface area contributed by atoms with Crippen LogP contribution in [0.3, 0.4) is 0 Å². The summed E-state index contributed by atoms with van der Waals surface area (Å²) in [6.07, 6.45) is 4.78. The van der Waals surface area contributed by atoms with Crippen LogP contribution in [0, 0.1) is 0 Å². The summed E-state index contributed by atoms with van der Waals surface area (Å²) >= 11 is 0. The van der Waals surface area contributed by atoms with Crippen LogP contribution in [0.15, 0.2) is 0 Å². The minimum absolute atomic E-state index is 0.206. The number of rotatable bonds is 4. The topological polar surface area (TPSA) is 21.3 Å². The molecule has 0 heterocycles. The first-order valence-corrected chi connectivity index (χ1v) is 5.38. The fourth-order valence-electron chi connectivity index (χ4n) is 1.33. The van der Waals surface area contributed by atoms with Crippen LogP contribution in [-0.4, -0.2) is 24.3 Å². The van der Waals surface area contributed by atoms with Gasteiger partial charge in [0.2, 0.25) is 0 Å². The molecule has 1 rings (SSSR count). The molecule has 2 nitrogen and oxygen atoms in total. The first-order valence-electron chi connectivity index (χ1n) is 5.38. The normalized spacial score (nSPS) is 21.2. The lowest BCUT2D eigenvalue weighted by Gasteiger charge is -2.30. The molecule has 1 saturated carbocycles. The summed E-state index contributed by atoms with van der Waals surface area (Å²) in [5.74, 6) is 0. The van der Waals surface area contributed by atoms with Gasteiger partial charge in [0.15, 0.2) is 0 Å². The van der Waals surface area contributed by atoms with E-state index in [4.69, 9.17) is 4.74 Å². The van der Waals surface area contributed by atoms with Gasteiger partial charge in [-0.05, 0) is 47.0 Å². The zero-order chi connectivity index (χ0) is 9.90. The van der Waals surface area contributed by atoms with Crippen LogP contribution in [0.5, 0.6) is 0 Å². The molecule has 0 aromatic rings. The second kappa shape index (κ2) is 4.43. The maximum atomic E-state index is 5.82. The smallest absolute Gasteiger partial charge is 0.0675 e. The van der Waals surface area contributed by atoms with E-state index < -0.39 is 0 Å². The van der Waals surface area contributed by atoms with Gasteiger partial charge in [0.1, 0.15) is 0 Å². The third-order valence-electron chi connectivity index (χ3n) is 2.40. The molecule has 1 N–H and O–H groups in total. The van der Waals surface area contributed by atoms with Gasteiger partial charge in [-0.25, -0.2) is 0 Å². The maximum Gasteiger partial charge on any atom is 0.0675 e. The van der Waals surface area contributed by atoms with E-state index in [0.717, 1.165) is 6.54 Å². The minimum atomic E-state index is 0.206. The van der Waals surface area contributed by atoms with Gasteiger partial charge in [0.25, 0.3) is 0 Å².